The monoisotopic (exact) mass is 117 g/mol. The maximum absolute atomic E-state index is 8.68. The van der Waals surface area contributed by atoms with Crippen LogP contribution in [-0.4, -0.2) is 30.1 Å². The van der Waals surface area contributed by atoms with E-state index in [1.807, 2.05) is 0 Å². The van der Waals surface area contributed by atoms with Gasteiger partial charge in [0, 0.05) is 0 Å². The molecule has 0 fully saturated rings. The highest BCUT2D eigenvalue weighted by molar-refractivity contribution is 4.85. The van der Waals surface area contributed by atoms with Gasteiger partial charge in [-0.05, 0) is 13.1 Å². The van der Waals surface area contributed by atoms with Gasteiger partial charge in [0.05, 0.1) is 6.61 Å². The number of hydrogen-bond donors (Lipinski definition) is 3. The van der Waals surface area contributed by atoms with Crippen molar-refractivity contribution in [1.29, 1.82) is 0 Å². The summed E-state index contributed by atoms with van der Waals surface area (Å²) in [6, 6.07) is 0. The molecule has 0 aromatic carbocycles. The molecule has 0 saturated heterocycles. The van der Waals surface area contributed by atoms with Gasteiger partial charge in [-0.2, -0.15) is 0 Å². The summed E-state index contributed by atoms with van der Waals surface area (Å²) in [5.74, 6) is 0. The van der Waals surface area contributed by atoms with E-state index in [1.165, 1.54) is 12.2 Å². The summed E-state index contributed by atoms with van der Waals surface area (Å²) in [5.41, 5.74) is 0. The van der Waals surface area contributed by atoms with Crippen molar-refractivity contribution in [1.82, 2.24) is 5.32 Å². The van der Waals surface area contributed by atoms with Crippen molar-refractivity contribution < 1.29 is 10.2 Å². The zero-order valence-corrected chi connectivity index (χ0v) is 4.83. The first kappa shape index (κ1) is 7.62. The Kier molecular flexibility index (Phi) is 4.54. The lowest BCUT2D eigenvalue weighted by Gasteiger charge is -1.99. The minimum Gasteiger partial charge on any atom is -0.392 e. The molecule has 0 aromatic rings. The fourth-order valence-corrected chi connectivity index (χ4v) is 0.286. The van der Waals surface area contributed by atoms with Crippen LogP contribution in [0.15, 0.2) is 12.2 Å². The van der Waals surface area contributed by atoms with Gasteiger partial charge in [-0.15, -0.1) is 0 Å². The van der Waals surface area contributed by atoms with Crippen LogP contribution in [0.4, 0.5) is 0 Å². The standard InChI is InChI=1S/C5H11NO2/c1-6-5(8)3-2-4-7/h2-3,5-8H,4H2,1H3/b3-2+. The minimum atomic E-state index is -0.637. The van der Waals surface area contributed by atoms with E-state index < -0.39 is 6.23 Å². The summed E-state index contributed by atoms with van der Waals surface area (Å²) in [6.07, 6.45) is 2.31. The van der Waals surface area contributed by atoms with Crippen molar-refractivity contribution in [3.05, 3.63) is 12.2 Å². The summed E-state index contributed by atoms with van der Waals surface area (Å²) < 4.78 is 0. The molecular weight excluding hydrogens is 106 g/mol. The third-order valence-electron chi connectivity index (χ3n) is 0.720. The largest absolute Gasteiger partial charge is 0.392 e. The number of aliphatic hydroxyl groups excluding tert-OH is 2. The minimum absolute atomic E-state index is 0.0290. The van der Waals surface area contributed by atoms with Gasteiger partial charge in [0.1, 0.15) is 6.23 Å². The molecule has 0 aliphatic carbocycles. The Morgan fingerprint density at radius 1 is 1.75 bits per heavy atom. The second kappa shape index (κ2) is 4.77. The van der Waals surface area contributed by atoms with E-state index in [-0.39, 0.29) is 6.61 Å². The van der Waals surface area contributed by atoms with Crippen LogP contribution < -0.4 is 5.32 Å². The molecule has 48 valence electrons. The molecule has 0 aliphatic heterocycles. The predicted octanol–water partition coefficient (Wildman–Crippen LogP) is -0.927. The molecule has 1 unspecified atom stereocenters. The molecule has 0 bridgehead atoms. The van der Waals surface area contributed by atoms with Crippen LogP contribution in [-0.2, 0) is 0 Å². The van der Waals surface area contributed by atoms with Crippen LogP contribution in [0.3, 0.4) is 0 Å². The molecule has 3 nitrogen and oxygen atoms in total. The summed E-state index contributed by atoms with van der Waals surface area (Å²) >= 11 is 0. The first-order chi connectivity index (χ1) is 3.81. The van der Waals surface area contributed by atoms with Crippen LogP contribution in [0.2, 0.25) is 0 Å². The maximum Gasteiger partial charge on any atom is 0.123 e. The summed E-state index contributed by atoms with van der Waals surface area (Å²) in [5, 5.41) is 19.4. The van der Waals surface area contributed by atoms with Gasteiger partial charge in [0.15, 0.2) is 0 Å². The number of aliphatic hydroxyl groups is 2. The van der Waals surface area contributed by atoms with Crippen molar-refractivity contribution in [2.24, 2.45) is 0 Å². The van der Waals surface area contributed by atoms with Crippen molar-refractivity contribution in [3.63, 3.8) is 0 Å². The van der Waals surface area contributed by atoms with Crippen molar-refractivity contribution in [2.75, 3.05) is 13.7 Å². The smallest absolute Gasteiger partial charge is 0.123 e. The van der Waals surface area contributed by atoms with Gasteiger partial charge in [-0.3, -0.25) is 5.32 Å². The third kappa shape index (κ3) is 3.80. The van der Waals surface area contributed by atoms with Crippen LogP contribution in [0.25, 0.3) is 0 Å². The van der Waals surface area contributed by atoms with E-state index in [4.69, 9.17) is 10.2 Å². The second-order valence-electron chi connectivity index (χ2n) is 1.34. The van der Waals surface area contributed by atoms with Crippen LogP contribution in [0.1, 0.15) is 0 Å². The van der Waals surface area contributed by atoms with Gasteiger partial charge in [0.2, 0.25) is 0 Å². The zero-order valence-electron chi connectivity index (χ0n) is 4.83. The van der Waals surface area contributed by atoms with Gasteiger partial charge in [-0.1, -0.05) is 6.08 Å². The first-order valence-electron chi connectivity index (χ1n) is 2.44. The maximum atomic E-state index is 8.68. The molecule has 0 heterocycles. The first-order valence-corrected chi connectivity index (χ1v) is 2.44. The predicted molar refractivity (Wildman–Crippen MR) is 31.3 cm³/mol. The van der Waals surface area contributed by atoms with Gasteiger partial charge in [0.25, 0.3) is 0 Å². The number of hydrogen-bond acceptors (Lipinski definition) is 3. The summed E-state index contributed by atoms with van der Waals surface area (Å²) in [4.78, 5) is 0. The highest BCUT2D eigenvalue weighted by Crippen LogP contribution is 1.75. The summed E-state index contributed by atoms with van der Waals surface area (Å²) in [7, 11) is 1.63. The zero-order chi connectivity index (χ0) is 6.41. The van der Waals surface area contributed by atoms with E-state index in [9.17, 15) is 0 Å². The molecule has 3 N–H and O–H groups in total. The lowest BCUT2D eigenvalue weighted by atomic mass is 10.5. The molecule has 0 saturated carbocycles. The fourth-order valence-electron chi connectivity index (χ4n) is 0.286. The molecular formula is C5H11NO2. The molecule has 0 spiro atoms. The molecule has 3 heteroatoms. The van der Waals surface area contributed by atoms with Crippen LogP contribution in [0, 0.1) is 0 Å². The Morgan fingerprint density at radius 3 is 2.75 bits per heavy atom. The number of nitrogens with one attached hydrogen (secondary N) is 1. The van der Waals surface area contributed by atoms with E-state index >= 15 is 0 Å². The normalized spacial score (nSPS) is 14.9. The average Bonchev–Trinajstić information content (AvgIpc) is 1.83. The lowest BCUT2D eigenvalue weighted by molar-refractivity contribution is 0.194. The molecule has 1 atom stereocenters. The Bertz CT molecular complexity index is 72.8. The molecule has 8 heavy (non-hydrogen) atoms. The Morgan fingerprint density at radius 2 is 2.38 bits per heavy atom. The summed E-state index contributed by atoms with van der Waals surface area (Å²) in [6.45, 7) is -0.0290. The van der Waals surface area contributed by atoms with E-state index in [0.717, 1.165) is 0 Å². The van der Waals surface area contributed by atoms with Gasteiger partial charge in [-0.25, -0.2) is 0 Å². The Balaban J connectivity index is 3.21. The molecule has 0 radical (unpaired) electrons. The quantitative estimate of drug-likeness (QED) is 0.331. The van der Waals surface area contributed by atoms with E-state index in [1.54, 1.807) is 7.05 Å². The van der Waals surface area contributed by atoms with Crippen molar-refractivity contribution >= 4 is 0 Å². The Hall–Kier alpha value is -0.380. The SMILES string of the molecule is CNC(O)/C=C/CO. The van der Waals surface area contributed by atoms with Gasteiger partial charge < -0.3 is 10.2 Å². The van der Waals surface area contributed by atoms with Crippen molar-refractivity contribution in [2.45, 2.75) is 6.23 Å². The lowest BCUT2D eigenvalue weighted by Crippen LogP contribution is -2.21. The highest BCUT2D eigenvalue weighted by atomic mass is 16.3. The van der Waals surface area contributed by atoms with Crippen molar-refractivity contribution in [3.8, 4) is 0 Å². The second-order valence-corrected chi connectivity index (χ2v) is 1.34. The Labute approximate surface area is 48.6 Å². The molecule has 0 amide bonds. The van der Waals surface area contributed by atoms with E-state index in [0.29, 0.717) is 0 Å². The van der Waals surface area contributed by atoms with Gasteiger partial charge >= 0.3 is 0 Å². The highest BCUT2D eigenvalue weighted by Gasteiger charge is 1.87. The molecule has 0 aliphatic rings. The topological polar surface area (TPSA) is 52.5 Å². The van der Waals surface area contributed by atoms with E-state index in [2.05, 4.69) is 5.32 Å². The third-order valence-corrected chi connectivity index (χ3v) is 0.720. The fraction of sp³-hybridized carbons (Fsp3) is 0.600. The van der Waals surface area contributed by atoms with Crippen LogP contribution in [0.5, 0.6) is 0 Å². The number of rotatable bonds is 3. The number of likely N-dealkylation sites (N-methyl/N-ethyl adjacent to an activating group) is 1. The average molecular weight is 117 g/mol. The molecule has 0 aromatic heterocycles. The molecule has 0 rings (SSSR count). The van der Waals surface area contributed by atoms with Crippen LogP contribution >= 0.6 is 0 Å².